The Morgan fingerprint density at radius 3 is 2.42 bits per heavy atom. The van der Waals surface area contributed by atoms with Crippen LogP contribution >= 0.6 is 0 Å². The van der Waals surface area contributed by atoms with Crippen LogP contribution in [0.25, 0.3) is 0 Å². The van der Waals surface area contributed by atoms with Gasteiger partial charge in [0.1, 0.15) is 0 Å². The number of rotatable bonds is 8. The van der Waals surface area contributed by atoms with E-state index in [4.69, 9.17) is 9.84 Å². The minimum Gasteiger partial charge on any atom is -0.396 e. The molecule has 0 radical (unpaired) electrons. The van der Waals surface area contributed by atoms with Crippen molar-refractivity contribution in [2.75, 3.05) is 13.2 Å². The van der Waals surface area contributed by atoms with Gasteiger partial charge in [-0.15, -0.1) is 0 Å². The minimum absolute atomic E-state index is 0.326. The van der Waals surface area contributed by atoms with Crippen LogP contribution in [0.2, 0.25) is 0 Å². The molecule has 0 saturated heterocycles. The second-order valence-electron chi connectivity index (χ2n) is 3.23. The highest BCUT2D eigenvalue weighted by Gasteiger charge is 1.96. The Labute approximate surface area is 75.9 Å². The monoisotopic (exact) mass is 174 g/mol. The van der Waals surface area contributed by atoms with Gasteiger partial charge in [-0.05, 0) is 26.2 Å². The van der Waals surface area contributed by atoms with Gasteiger partial charge in [0.15, 0.2) is 0 Å². The summed E-state index contributed by atoms with van der Waals surface area (Å²) in [5.41, 5.74) is 0. The molecule has 0 bridgehead atoms. The molecule has 2 nitrogen and oxygen atoms in total. The first kappa shape index (κ1) is 11.9. The number of unbranched alkanes of at least 4 members (excludes halogenated alkanes) is 3. The van der Waals surface area contributed by atoms with E-state index in [2.05, 4.69) is 13.8 Å². The van der Waals surface area contributed by atoms with Crippen LogP contribution in [0.5, 0.6) is 0 Å². The predicted molar refractivity (Wildman–Crippen MR) is 51.3 cm³/mol. The van der Waals surface area contributed by atoms with Crippen LogP contribution in [0.4, 0.5) is 0 Å². The molecule has 0 spiro atoms. The fourth-order valence-electron chi connectivity index (χ4n) is 0.970. The zero-order chi connectivity index (χ0) is 9.23. The molecule has 0 amide bonds. The van der Waals surface area contributed by atoms with Crippen LogP contribution in [-0.4, -0.2) is 24.4 Å². The van der Waals surface area contributed by atoms with Crippen LogP contribution < -0.4 is 0 Å². The highest BCUT2D eigenvalue weighted by Crippen LogP contribution is 2.02. The van der Waals surface area contributed by atoms with E-state index in [1.165, 1.54) is 6.42 Å². The summed E-state index contributed by atoms with van der Waals surface area (Å²) in [7, 11) is 0. The molecule has 1 N–H and O–H groups in total. The SMILES string of the molecule is CCC(C)OCCCCCCO. The van der Waals surface area contributed by atoms with E-state index in [9.17, 15) is 0 Å². The fraction of sp³-hybridized carbons (Fsp3) is 1.00. The molecule has 0 aromatic rings. The largest absolute Gasteiger partial charge is 0.396 e. The van der Waals surface area contributed by atoms with Gasteiger partial charge >= 0.3 is 0 Å². The maximum absolute atomic E-state index is 8.52. The van der Waals surface area contributed by atoms with Gasteiger partial charge < -0.3 is 9.84 Å². The molecule has 0 aromatic carbocycles. The molecule has 0 heterocycles. The Hall–Kier alpha value is -0.0800. The van der Waals surface area contributed by atoms with Gasteiger partial charge in [-0.1, -0.05) is 19.8 Å². The lowest BCUT2D eigenvalue weighted by Crippen LogP contribution is -2.07. The normalized spacial score (nSPS) is 13.2. The summed E-state index contributed by atoms with van der Waals surface area (Å²) in [6, 6.07) is 0. The second-order valence-corrected chi connectivity index (χ2v) is 3.23. The Bertz CT molecular complexity index is 83.9. The molecule has 0 aliphatic heterocycles. The van der Waals surface area contributed by atoms with Crippen LogP contribution in [0.15, 0.2) is 0 Å². The van der Waals surface area contributed by atoms with Gasteiger partial charge in [0.25, 0.3) is 0 Å². The summed E-state index contributed by atoms with van der Waals surface area (Å²) in [6.07, 6.45) is 5.87. The number of aliphatic hydroxyl groups excluding tert-OH is 1. The van der Waals surface area contributed by atoms with E-state index in [1.54, 1.807) is 0 Å². The van der Waals surface area contributed by atoms with E-state index < -0.39 is 0 Å². The van der Waals surface area contributed by atoms with Gasteiger partial charge in [-0.3, -0.25) is 0 Å². The maximum Gasteiger partial charge on any atom is 0.0544 e. The predicted octanol–water partition coefficient (Wildman–Crippen LogP) is 2.35. The number of hydrogen-bond acceptors (Lipinski definition) is 2. The lowest BCUT2D eigenvalue weighted by molar-refractivity contribution is 0.0606. The Morgan fingerprint density at radius 2 is 1.83 bits per heavy atom. The number of ether oxygens (including phenoxy) is 1. The molecule has 0 rings (SSSR count). The molecule has 1 atom stereocenters. The molecular formula is C10H22O2. The highest BCUT2D eigenvalue weighted by atomic mass is 16.5. The van der Waals surface area contributed by atoms with E-state index in [1.807, 2.05) is 0 Å². The van der Waals surface area contributed by atoms with E-state index >= 15 is 0 Å². The average molecular weight is 174 g/mol. The third kappa shape index (κ3) is 8.02. The summed E-state index contributed by atoms with van der Waals surface area (Å²) in [5, 5.41) is 8.52. The Balaban J connectivity index is 2.90. The first-order valence-corrected chi connectivity index (χ1v) is 5.03. The van der Waals surface area contributed by atoms with Crippen LogP contribution in [0, 0.1) is 0 Å². The quantitative estimate of drug-likeness (QED) is 0.572. The molecule has 2 heteroatoms. The second kappa shape index (κ2) is 9.01. The zero-order valence-electron chi connectivity index (χ0n) is 8.38. The Morgan fingerprint density at radius 1 is 1.17 bits per heavy atom. The molecule has 0 aliphatic carbocycles. The number of aliphatic hydroxyl groups is 1. The van der Waals surface area contributed by atoms with Crippen molar-refractivity contribution in [2.45, 2.75) is 52.1 Å². The maximum atomic E-state index is 8.52. The molecule has 0 aromatic heterocycles. The average Bonchev–Trinajstić information content (AvgIpc) is 2.10. The molecule has 74 valence electrons. The Kier molecular flexibility index (Phi) is 8.95. The highest BCUT2D eigenvalue weighted by molar-refractivity contribution is 4.46. The third-order valence-corrected chi connectivity index (χ3v) is 2.03. The molecular weight excluding hydrogens is 152 g/mol. The van der Waals surface area contributed by atoms with Crippen LogP contribution in [-0.2, 0) is 4.74 Å². The van der Waals surface area contributed by atoms with Crippen LogP contribution in [0.1, 0.15) is 46.0 Å². The first-order valence-electron chi connectivity index (χ1n) is 5.03. The van der Waals surface area contributed by atoms with Crippen molar-refractivity contribution in [3.63, 3.8) is 0 Å². The van der Waals surface area contributed by atoms with Crippen molar-refractivity contribution >= 4 is 0 Å². The molecule has 1 unspecified atom stereocenters. The lowest BCUT2D eigenvalue weighted by Gasteiger charge is -2.09. The van der Waals surface area contributed by atoms with E-state index in [0.717, 1.165) is 32.3 Å². The van der Waals surface area contributed by atoms with Crippen molar-refractivity contribution in [2.24, 2.45) is 0 Å². The van der Waals surface area contributed by atoms with E-state index in [0.29, 0.717) is 12.7 Å². The first-order chi connectivity index (χ1) is 5.81. The standard InChI is InChI=1S/C10H22O2/c1-3-10(2)12-9-7-5-4-6-8-11/h10-11H,3-9H2,1-2H3. The third-order valence-electron chi connectivity index (χ3n) is 2.03. The van der Waals surface area contributed by atoms with E-state index in [-0.39, 0.29) is 0 Å². The van der Waals surface area contributed by atoms with Gasteiger partial charge in [0.2, 0.25) is 0 Å². The molecule has 0 saturated carbocycles. The molecule has 12 heavy (non-hydrogen) atoms. The van der Waals surface area contributed by atoms with Crippen LogP contribution in [0.3, 0.4) is 0 Å². The van der Waals surface area contributed by atoms with Crippen molar-refractivity contribution in [3.8, 4) is 0 Å². The summed E-state index contributed by atoms with van der Waals surface area (Å²) in [5.74, 6) is 0. The topological polar surface area (TPSA) is 29.5 Å². The summed E-state index contributed by atoms with van der Waals surface area (Å²) in [6.45, 7) is 5.44. The fourth-order valence-corrected chi connectivity index (χ4v) is 0.970. The van der Waals surface area contributed by atoms with Gasteiger partial charge in [-0.25, -0.2) is 0 Å². The summed E-state index contributed by atoms with van der Waals surface area (Å²) in [4.78, 5) is 0. The summed E-state index contributed by atoms with van der Waals surface area (Å²) < 4.78 is 5.51. The smallest absolute Gasteiger partial charge is 0.0544 e. The van der Waals surface area contributed by atoms with Gasteiger partial charge in [0, 0.05) is 13.2 Å². The number of hydrogen-bond donors (Lipinski definition) is 1. The van der Waals surface area contributed by atoms with Crippen molar-refractivity contribution in [1.29, 1.82) is 0 Å². The minimum atomic E-state index is 0.326. The summed E-state index contributed by atoms with van der Waals surface area (Å²) >= 11 is 0. The lowest BCUT2D eigenvalue weighted by atomic mass is 10.2. The molecule has 0 aliphatic rings. The van der Waals surface area contributed by atoms with Gasteiger partial charge in [-0.2, -0.15) is 0 Å². The molecule has 0 fully saturated rings. The van der Waals surface area contributed by atoms with Gasteiger partial charge in [0.05, 0.1) is 6.10 Å². The zero-order valence-corrected chi connectivity index (χ0v) is 8.38. The van der Waals surface area contributed by atoms with Crippen molar-refractivity contribution in [3.05, 3.63) is 0 Å². The van der Waals surface area contributed by atoms with Crippen molar-refractivity contribution < 1.29 is 9.84 Å². The van der Waals surface area contributed by atoms with Crippen molar-refractivity contribution in [1.82, 2.24) is 0 Å².